The van der Waals surface area contributed by atoms with E-state index in [0.717, 1.165) is 102 Å². The van der Waals surface area contributed by atoms with E-state index in [1.807, 2.05) is 0 Å². The lowest BCUT2D eigenvalue weighted by atomic mass is 10.0. The van der Waals surface area contributed by atoms with Gasteiger partial charge in [-0.15, -0.1) is 0 Å². The Bertz CT molecular complexity index is 1770. The van der Waals surface area contributed by atoms with E-state index in [0.29, 0.717) is 25.7 Å². The molecule has 0 fully saturated rings. The first-order chi connectivity index (χ1) is 43.9. The Morgan fingerprint density at radius 2 is 0.505 bits per heavy atom. The van der Waals surface area contributed by atoms with Crippen LogP contribution in [0.1, 0.15) is 369 Å². The molecule has 17 nitrogen and oxygen atoms in total. The Hall–Kier alpha value is -1.94. The van der Waals surface area contributed by atoms with E-state index < -0.39 is 97.5 Å². The van der Waals surface area contributed by atoms with E-state index in [9.17, 15) is 43.2 Å². The zero-order valence-corrected chi connectivity index (χ0v) is 60.9. The van der Waals surface area contributed by atoms with Gasteiger partial charge in [-0.3, -0.25) is 37.3 Å². The predicted octanol–water partition coefficient (Wildman–Crippen LogP) is 20.8. The number of hydrogen-bond acceptors (Lipinski definition) is 15. The zero-order chi connectivity index (χ0) is 67.2. The van der Waals surface area contributed by atoms with Crippen molar-refractivity contribution in [3.63, 3.8) is 0 Å². The minimum absolute atomic E-state index is 0.107. The molecule has 19 heteroatoms. The lowest BCUT2D eigenvalue weighted by Crippen LogP contribution is -2.30. The van der Waals surface area contributed by atoms with E-state index in [1.54, 1.807) is 0 Å². The van der Waals surface area contributed by atoms with Crippen LogP contribution in [0.3, 0.4) is 0 Å². The summed E-state index contributed by atoms with van der Waals surface area (Å²) in [5.41, 5.74) is 0. The van der Waals surface area contributed by atoms with Gasteiger partial charge in [0.15, 0.2) is 12.2 Å². The van der Waals surface area contributed by atoms with Gasteiger partial charge >= 0.3 is 39.5 Å². The molecule has 0 aromatic carbocycles. The Balaban J connectivity index is 5.23. The van der Waals surface area contributed by atoms with Gasteiger partial charge < -0.3 is 33.8 Å². The molecule has 0 aliphatic rings. The third kappa shape index (κ3) is 66.5. The summed E-state index contributed by atoms with van der Waals surface area (Å²) >= 11 is 0. The second-order valence-electron chi connectivity index (χ2n) is 26.9. The van der Waals surface area contributed by atoms with Crippen molar-refractivity contribution in [1.82, 2.24) is 0 Å². The lowest BCUT2D eigenvalue weighted by Gasteiger charge is -2.21. The molecule has 91 heavy (non-hydrogen) atoms. The van der Waals surface area contributed by atoms with Gasteiger partial charge in [-0.25, -0.2) is 9.13 Å². The van der Waals surface area contributed by atoms with Crippen LogP contribution in [0.15, 0.2) is 0 Å². The minimum atomic E-state index is -4.95. The summed E-state index contributed by atoms with van der Waals surface area (Å²) in [6.45, 7) is 9.57. The monoisotopic (exact) mass is 1340 g/mol. The smallest absolute Gasteiger partial charge is 0.462 e. The molecule has 5 atom stereocenters. The summed E-state index contributed by atoms with van der Waals surface area (Å²) in [5.74, 6) is -0.567. The van der Waals surface area contributed by atoms with E-state index in [4.69, 9.17) is 37.0 Å². The van der Waals surface area contributed by atoms with Gasteiger partial charge in [-0.2, -0.15) is 0 Å². The maximum atomic E-state index is 13.0. The quantitative estimate of drug-likeness (QED) is 0.0222. The second-order valence-corrected chi connectivity index (χ2v) is 29.8. The summed E-state index contributed by atoms with van der Waals surface area (Å²) < 4.78 is 68.3. The van der Waals surface area contributed by atoms with Crippen LogP contribution in [0.5, 0.6) is 0 Å². The lowest BCUT2D eigenvalue weighted by molar-refractivity contribution is -0.161. The number of carbonyl (C=O) groups is 4. The third-order valence-corrected chi connectivity index (χ3v) is 18.6. The van der Waals surface area contributed by atoms with Crippen molar-refractivity contribution in [2.75, 3.05) is 39.6 Å². The number of ether oxygens (including phenoxy) is 4. The van der Waals surface area contributed by atoms with E-state index in [-0.39, 0.29) is 25.7 Å². The number of aliphatic hydroxyl groups excluding tert-OH is 1. The van der Waals surface area contributed by atoms with Gasteiger partial charge in [0.2, 0.25) is 0 Å². The highest BCUT2D eigenvalue weighted by molar-refractivity contribution is 7.47. The second kappa shape index (κ2) is 64.1. The fraction of sp³-hybridized carbons (Fsp3) is 0.944. The van der Waals surface area contributed by atoms with Gasteiger partial charge in [-0.1, -0.05) is 318 Å². The summed E-state index contributed by atoms with van der Waals surface area (Å²) in [7, 11) is -9.90. The Morgan fingerprint density at radius 1 is 0.297 bits per heavy atom. The standard InChI is InChI=1S/C72H140O17P2/c1-7-9-11-13-15-17-18-24-32-38-44-50-56-71(76)88-67(60-82-69(74)54-48-42-36-28-16-14-12-10-8-2)62-86-90(78,79)84-58-66(73)59-85-91(80,81)87-63-68(61-83-70(75)55-49-43-37-31-27-26-30-35-41-47-53-65(5)6)89-72(77)57-51-45-39-33-25-22-20-19-21-23-29-34-40-46-52-64(3)4/h64-68,73H,7-63H2,1-6H3,(H,78,79)(H,80,81)/t66-,67+,68+/m0/s1. The van der Waals surface area contributed by atoms with Crippen LogP contribution in [-0.4, -0.2) is 96.7 Å². The predicted molar refractivity (Wildman–Crippen MR) is 368 cm³/mol. The van der Waals surface area contributed by atoms with Crippen LogP contribution in [0.2, 0.25) is 0 Å². The van der Waals surface area contributed by atoms with Crippen LogP contribution in [-0.2, 0) is 65.4 Å². The summed E-state index contributed by atoms with van der Waals surface area (Å²) in [6, 6.07) is 0. The molecule has 0 rings (SSSR count). The molecule has 2 unspecified atom stereocenters. The number of rotatable bonds is 71. The van der Waals surface area contributed by atoms with Crippen LogP contribution in [0, 0.1) is 11.8 Å². The molecule has 0 saturated heterocycles. The van der Waals surface area contributed by atoms with Gasteiger partial charge in [0.25, 0.3) is 0 Å². The first kappa shape index (κ1) is 89.1. The van der Waals surface area contributed by atoms with Crippen molar-refractivity contribution in [3.05, 3.63) is 0 Å². The Kier molecular flexibility index (Phi) is 62.7. The zero-order valence-electron chi connectivity index (χ0n) is 59.1. The average Bonchev–Trinajstić information content (AvgIpc) is 2.32. The number of phosphoric acid groups is 2. The van der Waals surface area contributed by atoms with Gasteiger partial charge in [0.05, 0.1) is 26.4 Å². The van der Waals surface area contributed by atoms with Gasteiger partial charge in [0, 0.05) is 25.7 Å². The highest BCUT2D eigenvalue weighted by Gasteiger charge is 2.30. The molecule has 0 amide bonds. The van der Waals surface area contributed by atoms with Crippen molar-refractivity contribution < 1.29 is 80.2 Å². The molecule has 0 aromatic heterocycles. The molecule has 540 valence electrons. The van der Waals surface area contributed by atoms with Crippen LogP contribution in [0.25, 0.3) is 0 Å². The maximum Gasteiger partial charge on any atom is 0.472 e. The van der Waals surface area contributed by atoms with Crippen molar-refractivity contribution in [2.45, 2.75) is 387 Å². The van der Waals surface area contributed by atoms with Crippen LogP contribution in [0.4, 0.5) is 0 Å². The number of phosphoric ester groups is 2. The molecule has 0 spiro atoms. The minimum Gasteiger partial charge on any atom is -0.462 e. The SMILES string of the molecule is CCCCCCCCCCCCCCC(=O)O[C@H](COC(=O)CCCCCCCCCCC)COP(=O)(O)OC[C@H](O)COP(=O)(O)OC[C@@H](COC(=O)CCCCCCCCCCCCC(C)C)OC(=O)CCCCCCCCCCCCCCCCC(C)C. The molecule has 0 saturated carbocycles. The highest BCUT2D eigenvalue weighted by atomic mass is 31.2. The van der Waals surface area contributed by atoms with Gasteiger partial charge in [-0.05, 0) is 37.5 Å². The fourth-order valence-corrected chi connectivity index (χ4v) is 12.5. The molecule has 3 N–H and O–H groups in total. The van der Waals surface area contributed by atoms with Crippen molar-refractivity contribution in [1.29, 1.82) is 0 Å². The average molecular weight is 1340 g/mol. The summed E-state index contributed by atoms with van der Waals surface area (Å²) in [6.07, 6.45) is 49.8. The first-order valence-corrected chi connectivity index (χ1v) is 40.5. The fourth-order valence-electron chi connectivity index (χ4n) is 10.9. The van der Waals surface area contributed by atoms with Crippen molar-refractivity contribution >= 4 is 39.5 Å². The molecule has 0 heterocycles. The largest absolute Gasteiger partial charge is 0.472 e. The van der Waals surface area contributed by atoms with Crippen LogP contribution < -0.4 is 0 Å². The summed E-state index contributed by atoms with van der Waals surface area (Å²) in [5, 5.41) is 10.6. The van der Waals surface area contributed by atoms with Gasteiger partial charge in [0.1, 0.15) is 19.3 Å². The van der Waals surface area contributed by atoms with E-state index >= 15 is 0 Å². The number of carbonyl (C=O) groups excluding carboxylic acids is 4. The van der Waals surface area contributed by atoms with Crippen molar-refractivity contribution in [2.24, 2.45) is 11.8 Å². The topological polar surface area (TPSA) is 237 Å². The molecule has 0 aliphatic carbocycles. The molecular weight excluding hydrogens is 1200 g/mol. The molecule has 0 radical (unpaired) electrons. The highest BCUT2D eigenvalue weighted by Crippen LogP contribution is 2.45. The molecule has 0 bridgehead atoms. The van der Waals surface area contributed by atoms with E-state index in [2.05, 4.69) is 41.5 Å². The maximum absolute atomic E-state index is 13.0. The summed E-state index contributed by atoms with van der Waals surface area (Å²) in [4.78, 5) is 72.6. The molecule has 0 aliphatic heterocycles. The third-order valence-electron chi connectivity index (χ3n) is 16.7. The number of unbranched alkanes of at least 4 members (excludes halogenated alkanes) is 41. The Labute approximate surface area is 556 Å². The molecule has 0 aromatic rings. The van der Waals surface area contributed by atoms with Crippen molar-refractivity contribution in [3.8, 4) is 0 Å². The number of esters is 4. The number of aliphatic hydroxyl groups is 1. The molecular formula is C72H140O17P2. The van der Waals surface area contributed by atoms with E-state index in [1.165, 1.54) is 186 Å². The number of hydrogen-bond donors (Lipinski definition) is 3. The normalized spacial score (nSPS) is 14.1. The first-order valence-electron chi connectivity index (χ1n) is 37.5. The Morgan fingerprint density at radius 3 is 0.747 bits per heavy atom. The van der Waals surface area contributed by atoms with Crippen LogP contribution >= 0.6 is 15.6 Å².